The smallest absolute Gasteiger partial charge is 0.291 e. The molecule has 1 aliphatic carbocycles. The van der Waals surface area contributed by atoms with Gasteiger partial charge < -0.3 is 21.1 Å². The predicted molar refractivity (Wildman–Crippen MR) is 115 cm³/mol. The molecule has 0 spiro atoms. The minimum Gasteiger partial charge on any atom is -0.494 e. The number of fused-ring (bicyclic) bond motifs is 1. The quantitative estimate of drug-likeness (QED) is 0.567. The van der Waals surface area contributed by atoms with Crippen LogP contribution in [0, 0.1) is 5.92 Å². The van der Waals surface area contributed by atoms with E-state index in [1.54, 1.807) is 11.0 Å². The number of nitrogens with two attached hydrogens (primary N) is 1. The van der Waals surface area contributed by atoms with E-state index in [1.807, 2.05) is 13.8 Å². The Kier molecular flexibility index (Phi) is 5.57. The summed E-state index contributed by atoms with van der Waals surface area (Å²) in [4.78, 5) is 39.7. The van der Waals surface area contributed by atoms with Crippen LogP contribution < -0.4 is 16.6 Å². The van der Waals surface area contributed by atoms with Gasteiger partial charge in [0.15, 0.2) is 5.56 Å². The van der Waals surface area contributed by atoms with Gasteiger partial charge in [-0.15, -0.1) is 0 Å². The van der Waals surface area contributed by atoms with E-state index < -0.39 is 17.3 Å². The van der Waals surface area contributed by atoms with Crippen LogP contribution in [0.1, 0.15) is 49.0 Å². The van der Waals surface area contributed by atoms with Gasteiger partial charge in [0, 0.05) is 43.4 Å². The minimum atomic E-state index is -0.692. The van der Waals surface area contributed by atoms with Gasteiger partial charge in [-0.25, -0.2) is 0 Å². The number of nitrogens with zero attached hydrogens (tertiary/aromatic N) is 4. The highest BCUT2D eigenvalue weighted by Gasteiger charge is 2.30. The first-order valence-electron chi connectivity index (χ1n) is 10.6. The number of aromatic nitrogens is 3. The molecule has 4 rings (SSSR count). The van der Waals surface area contributed by atoms with E-state index in [9.17, 15) is 19.5 Å². The van der Waals surface area contributed by atoms with Gasteiger partial charge in [-0.2, -0.15) is 9.61 Å². The summed E-state index contributed by atoms with van der Waals surface area (Å²) in [5.74, 6) is -1.04. The lowest BCUT2D eigenvalue weighted by atomic mass is 10.2. The van der Waals surface area contributed by atoms with E-state index in [1.165, 1.54) is 16.8 Å². The number of likely N-dealkylation sites (tertiary alicyclic amines) is 1. The van der Waals surface area contributed by atoms with Crippen LogP contribution in [-0.4, -0.2) is 61.2 Å². The highest BCUT2D eigenvalue weighted by atomic mass is 16.3. The highest BCUT2D eigenvalue weighted by Crippen LogP contribution is 2.24. The summed E-state index contributed by atoms with van der Waals surface area (Å²) in [6.07, 6.45) is 6.94. The molecule has 10 heteroatoms. The Balaban J connectivity index is 1.75. The zero-order valence-corrected chi connectivity index (χ0v) is 17.7. The van der Waals surface area contributed by atoms with Crippen LogP contribution in [0.4, 0.5) is 0 Å². The number of rotatable bonds is 6. The molecule has 166 valence electrons. The van der Waals surface area contributed by atoms with Crippen molar-refractivity contribution in [2.45, 2.75) is 51.7 Å². The maximum Gasteiger partial charge on any atom is 0.291 e. The van der Waals surface area contributed by atoms with Crippen LogP contribution in [0.3, 0.4) is 0 Å². The molecule has 31 heavy (non-hydrogen) atoms. The number of hydrogen-bond donors (Lipinski definition) is 3. The Labute approximate surface area is 179 Å². The molecule has 3 heterocycles. The van der Waals surface area contributed by atoms with Crippen LogP contribution >= 0.6 is 0 Å². The van der Waals surface area contributed by atoms with Crippen molar-refractivity contribution in [3.05, 3.63) is 33.8 Å². The molecule has 2 aromatic rings. The maximum absolute atomic E-state index is 13.0. The van der Waals surface area contributed by atoms with E-state index in [4.69, 9.17) is 5.73 Å². The summed E-state index contributed by atoms with van der Waals surface area (Å²) >= 11 is 0. The van der Waals surface area contributed by atoms with Crippen LogP contribution in [0.5, 0.6) is 5.88 Å². The molecular weight excluding hydrogens is 400 g/mol. The normalized spacial score (nSPS) is 19.1. The molecule has 2 amide bonds. The second kappa shape index (κ2) is 8.18. The molecule has 1 saturated heterocycles. The van der Waals surface area contributed by atoms with Gasteiger partial charge in [0.1, 0.15) is 5.65 Å². The van der Waals surface area contributed by atoms with Crippen molar-refractivity contribution in [1.82, 2.24) is 24.4 Å². The van der Waals surface area contributed by atoms with Crippen LogP contribution in [-0.2, 0) is 11.3 Å². The Morgan fingerprint density at radius 2 is 2.10 bits per heavy atom. The Morgan fingerprint density at radius 1 is 1.35 bits per heavy atom. The molecule has 0 aromatic carbocycles. The average Bonchev–Trinajstić information content (AvgIpc) is 3.24. The second-order valence-corrected chi connectivity index (χ2v) is 8.76. The molecule has 10 nitrogen and oxygen atoms in total. The Hall–Kier alpha value is -3.14. The number of carbonyl (C=O) groups excluding carboxylic acids is 2. The molecule has 0 bridgehead atoms. The molecule has 2 aliphatic rings. The van der Waals surface area contributed by atoms with Crippen LogP contribution in [0.25, 0.3) is 11.7 Å². The van der Waals surface area contributed by atoms with Crippen molar-refractivity contribution < 1.29 is 14.7 Å². The number of aromatic hydroxyl groups is 1. The molecule has 1 atom stereocenters. The van der Waals surface area contributed by atoms with Gasteiger partial charge in [0.05, 0.1) is 6.20 Å². The standard InChI is InChI=1S/C21H28N6O4/c1-12(2)10-26-19-13(3-6-16(28)25-8-7-14(22)11-25)9-23-27(19)21(31)17(20(26)30)18(29)24-15-4-5-15/h3,6,9,12,14-15,30H,4-5,7-8,10-11,22H2,1-2H3,(H,24,29)/b6-3+/t14-/m0/s1. The molecular formula is C21H28N6O4. The fourth-order valence-electron chi connectivity index (χ4n) is 3.80. The summed E-state index contributed by atoms with van der Waals surface area (Å²) in [6, 6.07) is 0.0316. The first kappa shape index (κ1) is 21.1. The number of carbonyl (C=O) groups is 2. The number of amides is 2. The minimum absolute atomic E-state index is 0.0114. The van der Waals surface area contributed by atoms with Crippen molar-refractivity contribution in [2.24, 2.45) is 11.7 Å². The monoisotopic (exact) mass is 428 g/mol. The third kappa shape index (κ3) is 4.20. The van der Waals surface area contributed by atoms with Crippen LogP contribution in [0.15, 0.2) is 17.1 Å². The van der Waals surface area contributed by atoms with E-state index in [0.29, 0.717) is 30.8 Å². The van der Waals surface area contributed by atoms with Gasteiger partial charge in [0.2, 0.25) is 11.8 Å². The fraction of sp³-hybridized carbons (Fsp3) is 0.524. The lowest BCUT2D eigenvalue weighted by Gasteiger charge is -2.17. The summed E-state index contributed by atoms with van der Waals surface area (Å²) in [6.45, 7) is 5.41. The number of nitrogens with one attached hydrogen (secondary N) is 1. The largest absolute Gasteiger partial charge is 0.494 e. The maximum atomic E-state index is 13.0. The Bertz CT molecular complexity index is 1110. The molecule has 4 N–H and O–H groups in total. The van der Waals surface area contributed by atoms with E-state index in [-0.39, 0.29) is 29.5 Å². The Morgan fingerprint density at radius 3 is 2.71 bits per heavy atom. The molecule has 2 aromatic heterocycles. The van der Waals surface area contributed by atoms with E-state index in [0.717, 1.165) is 23.8 Å². The van der Waals surface area contributed by atoms with Gasteiger partial charge in [-0.1, -0.05) is 13.8 Å². The van der Waals surface area contributed by atoms with Crippen LogP contribution in [0.2, 0.25) is 0 Å². The third-order valence-electron chi connectivity index (χ3n) is 5.54. The lowest BCUT2D eigenvalue weighted by Crippen LogP contribution is -2.34. The number of hydrogen-bond acceptors (Lipinski definition) is 6. The van der Waals surface area contributed by atoms with Gasteiger partial charge in [0.25, 0.3) is 11.5 Å². The van der Waals surface area contributed by atoms with Crippen molar-refractivity contribution in [3.8, 4) is 5.88 Å². The van der Waals surface area contributed by atoms with Crippen molar-refractivity contribution in [3.63, 3.8) is 0 Å². The van der Waals surface area contributed by atoms with Crippen molar-refractivity contribution >= 4 is 23.5 Å². The van der Waals surface area contributed by atoms with Crippen molar-refractivity contribution in [1.29, 1.82) is 0 Å². The molecule has 2 fully saturated rings. The van der Waals surface area contributed by atoms with Gasteiger partial charge >= 0.3 is 0 Å². The summed E-state index contributed by atoms with van der Waals surface area (Å²) < 4.78 is 2.62. The molecule has 0 unspecified atom stereocenters. The van der Waals surface area contributed by atoms with Crippen molar-refractivity contribution in [2.75, 3.05) is 13.1 Å². The zero-order chi connectivity index (χ0) is 22.3. The van der Waals surface area contributed by atoms with E-state index in [2.05, 4.69) is 10.4 Å². The molecule has 0 radical (unpaired) electrons. The summed E-state index contributed by atoms with van der Waals surface area (Å²) in [5.41, 5.74) is 5.69. The average molecular weight is 428 g/mol. The second-order valence-electron chi connectivity index (χ2n) is 8.76. The molecule has 1 saturated carbocycles. The van der Waals surface area contributed by atoms with Gasteiger partial charge in [-0.3, -0.25) is 19.0 Å². The first-order chi connectivity index (χ1) is 14.8. The third-order valence-corrected chi connectivity index (χ3v) is 5.54. The SMILES string of the molecule is CC(C)Cn1c(O)c(C(=O)NC2CC2)c(=O)n2ncc(/C=C/C(=O)N3CC[C@H](N)C3)c12. The summed E-state index contributed by atoms with van der Waals surface area (Å²) in [5, 5.41) is 17.8. The topological polar surface area (TPSA) is 135 Å². The highest BCUT2D eigenvalue weighted by molar-refractivity contribution is 5.97. The first-order valence-corrected chi connectivity index (χ1v) is 10.6. The van der Waals surface area contributed by atoms with E-state index >= 15 is 0 Å². The summed E-state index contributed by atoms with van der Waals surface area (Å²) in [7, 11) is 0. The lowest BCUT2D eigenvalue weighted by molar-refractivity contribution is -0.124. The fourth-order valence-corrected chi connectivity index (χ4v) is 3.80. The zero-order valence-electron chi connectivity index (χ0n) is 17.7. The molecule has 1 aliphatic heterocycles. The predicted octanol–water partition coefficient (Wildman–Crippen LogP) is 0.323. The van der Waals surface area contributed by atoms with Gasteiger partial charge in [-0.05, 0) is 31.3 Å².